The summed E-state index contributed by atoms with van der Waals surface area (Å²) in [6.07, 6.45) is 4.60. The Bertz CT molecular complexity index is 374. The number of carbonyl (C=O) groups is 1. The van der Waals surface area contributed by atoms with Crippen molar-refractivity contribution in [3.05, 3.63) is 17.2 Å². The fourth-order valence-corrected chi connectivity index (χ4v) is 2.07. The van der Waals surface area contributed by atoms with Gasteiger partial charge in [0.2, 0.25) is 0 Å². The summed E-state index contributed by atoms with van der Waals surface area (Å²) in [5, 5.41) is 5.58. The zero-order valence-corrected chi connectivity index (χ0v) is 10.5. The molecule has 94 valence electrons. The summed E-state index contributed by atoms with van der Waals surface area (Å²) in [6, 6.07) is 0.00850. The number of aromatic amines is 1. The summed E-state index contributed by atoms with van der Waals surface area (Å²) in [5.74, 6) is 0.857. The highest BCUT2D eigenvalue weighted by atomic mass is 16.2. The molecule has 0 unspecified atom stereocenters. The first-order valence-corrected chi connectivity index (χ1v) is 6.26. The summed E-state index contributed by atoms with van der Waals surface area (Å²) < 4.78 is 0. The molecule has 1 heterocycles. The number of rotatable bonds is 3. The molecule has 0 atom stereocenters. The van der Waals surface area contributed by atoms with Crippen molar-refractivity contribution in [2.24, 2.45) is 0 Å². The maximum Gasteiger partial charge on any atom is 0.315 e. The number of amides is 2. The molecule has 5 heteroatoms. The van der Waals surface area contributed by atoms with Crippen LogP contribution in [0.15, 0.2) is 0 Å². The minimum atomic E-state index is -0.144. The Morgan fingerprint density at radius 2 is 2.18 bits per heavy atom. The molecule has 0 bridgehead atoms. The summed E-state index contributed by atoms with van der Waals surface area (Å²) in [4.78, 5) is 19.2. The Hall–Kier alpha value is -1.52. The lowest BCUT2D eigenvalue weighted by Crippen LogP contribution is -2.39. The van der Waals surface area contributed by atoms with Crippen LogP contribution in [-0.4, -0.2) is 22.0 Å². The molecule has 2 rings (SSSR count). The topological polar surface area (TPSA) is 69.8 Å². The van der Waals surface area contributed by atoms with E-state index in [4.69, 9.17) is 0 Å². The van der Waals surface area contributed by atoms with Gasteiger partial charge in [-0.15, -0.1) is 0 Å². The van der Waals surface area contributed by atoms with Gasteiger partial charge < -0.3 is 15.6 Å². The number of urea groups is 1. The predicted molar refractivity (Wildman–Crippen MR) is 65.7 cm³/mol. The molecule has 5 nitrogen and oxygen atoms in total. The molecule has 1 aromatic rings. The molecule has 3 N–H and O–H groups in total. The molecular weight excluding hydrogens is 216 g/mol. The van der Waals surface area contributed by atoms with E-state index in [1.165, 1.54) is 24.2 Å². The van der Waals surface area contributed by atoms with Crippen LogP contribution in [0.25, 0.3) is 0 Å². The van der Waals surface area contributed by atoms with Crippen molar-refractivity contribution in [2.75, 3.05) is 0 Å². The molecule has 17 heavy (non-hydrogen) atoms. The van der Waals surface area contributed by atoms with E-state index >= 15 is 0 Å². The van der Waals surface area contributed by atoms with Crippen molar-refractivity contribution in [1.82, 2.24) is 20.6 Å². The van der Waals surface area contributed by atoms with Crippen molar-refractivity contribution in [2.45, 2.75) is 52.1 Å². The van der Waals surface area contributed by atoms with Gasteiger partial charge in [0.25, 0.3) is 0 Å². The second-order valence-electron chi connectivity index (χ2n) is 4.80. The second kappa shape index (κ2) is 5.21. The van der Waals surface area contributed by atoms with Gasteiger partial charge in [0.1, 0.15) is 5.82 Å². The average Bonchev–Trinajstić information content (AvgIpc) is 2.68. The number of fused-ring (bicyclic) bond motifs is 1. The van der Waals surface area contributed by atoms with E-state index < -0.39 is 0 Å². The van der Waals surface area contributed by atoms with E-state index in [9.17, 15) is 4.79 Å². The Morgan fingerprint density at radius 3 is 2.88 bits per heavy atom. The number of nitrogens with zero attached hydrogens (tertiary/aromatic N) is 1. The largest absolute Gasteiger partial charge is 0.344 e. The number of hydrogen-bond donors (Lipinski definition) is 3. The van der Waals surface area contributed by atoms with E-state index in [2.05, 4.69) is 20.6 Å². The molecule has 0 radical (unpaired) electrons. The van der Waals surface area contributed by atoms with Gasteiger partial charge in [0, 0.05) is 11.7 Å². The van der Waals surface area contributed by atoms with Crippen LogP contribution in [-0.2, 0) is 19.4 Å². The SMILES string of the molecule is CC(C)NC(=O)NCc1nc2c([nH]1)CCCC2. The zero-order chi connectivity index (χ0) is 12.3. The van der Waals surface area contributed by atoms with E-state index in [0.29, 0.717) is 6.54 Å². The van der Waals surface area contributed by atoms with E-state index in [0.717, 1.165) is 18.7 Å². The first kappa shape index (κ1) is 12.0. The molecule has 2 amide bonds. The number of hydrogen-bond acceptors (Lipinski definition) is 2. The first-order chi connectivity index (χ1) is 8.15. The highest BCUT2D eigenvalue weighted by Gasteiger charge is 2.14. The van der Waals surface area contributed by atoms with Gasteiger partial charge in [0.05, 0.1) is 12.2 Å². The maximum absolute atomic E-state index is 11.4. The van der Waals surface area contributed by atoms with Gasteiger partial charge in [-0.1, -0.05) is 0 Å². The van der Waals surface area contributed by atoms with Crippen molar-refractivity contribution in [1.29, 1.82) is 0 Å². The van der Waals surface area contributed by atoms with Gasteiger partial charge in [-0.2, -0.15) is 0 Å². The third-order valence-electron chi connectivity index (χ3n) is 2.84. The molecule has 0 aromatic carbocycles. The van der Waals surface area contributed by atoms with Gasteiger partial charge in [-0.05, 0) is 39.5 Å². The fraction of sp³-hybridized carbons (Fsp3) is 0.667. The summed E-state index contributed by atoms with van der Waals surface area (Å²) in [5.41, 5.74) is 2.43. The predicted octanol–water partition coefficient (Wildman–Crippen LogP) is 1.50. The lowest BCUT2D eigenvalue weighted by molar-refractivity contribution is 0.238. The molecule has 0 saturated heterocycles. The van der Waals surface area contributed by atoms with Gasteiger partial charge in [-0.25, -0.2) is 9.78 Å². The Labute approximate surface area is 101 Å². The fourth-order valence-electron chi connectivity index (χ4n) is 2.07. The zero-order valence-electron chi connectivity index (χ0n) is 10.5. The third-order valence-corrected chi connectivity index (χ3v) is 2.84. The third kappa shape index (κ3) is 3.22. The van der Waals surface area contributed by atoms with Crippen LogP contribution < -0.4 is 10.6 Å². The van der Waals surface area contributed by atoms with E-state index in [1.807, 2.05) is 13.8 Å². The standard InChI is InChI=1S/C12H20N4O/c1-8(2)14-12(17)13-7-11-15-9-5-3-4-6-10(9)16-11/h8H,3-7H2,1-2H3,(H,15,16)(H2,13,14,17). The minimum absolute atomic E-state index is 0.144. The van der Waals surface area contributed by atoms with Crippen LogP contribution in [0.2, 0.25) is 0 Å². The van der Waals surface area contributed by atoms with Crippen LogP contribution in [0.4, 0.5) is 4.79 Å². The van der Waals surface area contributed by atoms with Crippen LogP contribution in [0, 0.1) is 0 Å². The summed E-state index contributed by atoms with van der Waals surface area (Å²) in [7, 11) is 0. The number of imidazole rings is 1. The van der Waals surface area contributed by atoms with Crippen molar-refractivity contribution >= 4 is 6.03 Å². The second-order valence-corrected chi connectivity index (χ2v) is 4.80. The first-order valence-electron chi connectivity index (χ1n) is 6.26. The van der Waals surface area contributed by atoms with Crippen molar-refractivity contribution in [3.63, 3.8) is 0 Å². The minimum Gasteiger partial charge on any atom is -0.344 e. The molecule has 0 fully saturated rings. The normalized spacial score (nSPS) is 14.5. The van der Waals surface area contributed by atoms with E-state index in [1.54, 1.807) is 0 Å². The number of nitrogens with one attached hydrogen (secondary N) is 3. The Balaban J connectivity index is 1.87. The molecule has 0 spiro atoms. The number of carbonyl (C=O) groups excluding carboxylic acids is 1. The van der Waals surface area contributed by atoms with Crippen molar-refractivity contribution < 1.29 is 4.79 Å². The molecule has 0 aliphatic heterocycles. The van der Waals surface area contributed by atoms with Gasteiger partial charge in [0.15, 0.2) is 0 Å². The van der Waals surface area contributed by atoms with Crippen LogP contribution >= 0.6 is 0 Å². The molecule has 1 aliphatic carbocycles. The van der Waals surface area contributed by atoms with Crippen molar-refractivity contribution in [3.8, 4) is 0 Å². The number of H-pyrrole nitrogens is 1. The maximum atomic E-state index is 11.4. The molecule has 1 aromatic heterocycles. The number of aryl methyl sites for hydroxylation is 2. The Kier molecular flexibility index (Phi) is 3.66. The van der Waals surface area contributed by atoms with Gasteiger partial charge in [-0.3, -0.25) is 0 Å². The van der Waals surface area contributed by atoms with Crippen LogP contribution in [0.1, 0.15) is 43.9 Å². The highest BCUT2D eigenvalue weighted by molar-refractivity contribution is 5.73. The van der Waals surface area contributed by atoms with Crippen LogP contribution in [0.3, 0.4) is 0 Å². The lowest BCUT2D eigenvalue weighted by atomic mass is 10.0. The van der Waals surface area contributed by atoms with Gasteiger partial charge >= 0.3 is 6.03 Å². The molecule has 1 aliphatic rings. The summed E-state index contributed by atoms with van der Waals surface area (Å²) in [6.45, 7) is 4.34. The monoisotopic (exact) mass is 236 g/mol. The Morgan fingerprint density at radius 1 is 1.41 bits per heavy atom. The smallest absolute Gasteiger partial charge is 0.315 e. The average molecular weight is 236 g/mol. The van der Waals surface area contributed by atoms with E-state index in [-0.39, 0.29) is 12.1 Å². The van der Waals surface area contributed by atoms with Crippen LogP contribution in [0.5, 0.6) is 0 Å². The summed E-state index contributed by atoms with van der Waals surface area (Å²) >= 11 is 0. The molecule has 0 saturated carbocycles. The lowest BCUT2D eigenvalue weighted by Gasteiger charge is -2.08. The quantitative estimate of drug-likeness (QED) is 0.744. The number of aromatic nitrogens is 2. The molecular formula is C12H20N4O. The highest BCUT2D eigenvalue weighted by Crippen LogP contribution is 2.18.